The maximum atomic E-state index is 13.1. The molecule has 1 saturated heterocycles. The molecule has 0 aliphatic carbocycles. The number of hydrogen-bond acceptors (Lipinski definition) is 5. The zero-order valence-corrected chi connectivity index (χ0v) is 16.5. The lowest BCUT2D eigenvalue weighted by Crippen LogP contribution is -2.26. The summed E-state index contributed by atoms with van der Waals surface area (Å²) < 4.78 is 42.5. The van der Waals surface area contributed by atoms with Crippen molar-refractivity contribution in [2.75, 3.05) is 13.1 Å². The number of imidazole rings is 1. The van der Waals surface area contributed by atoms with Crippen molar-refractivity contribution in [2.24, 2.45) is 7.05 Å². The van der Waals surface area contributed by atoms with E-state index in [9.17, 15) is 13.2 Å². The summed E-state index contributed by atoms with van der Waals surface area (Å²) in [5.74, 6) is 0.429. The first-order valence-electron chi connectivity index (χ1n) is 9.46. The Hall–Kier alpha value is -2.46. The number of halogens is 3. The minimum absolute atomic E-state index is 0.161. The molecular weight excluding hydrogens is 401 g/mol. The van der Waals surface area contributed by atoms with Gasteiger partial charge in [0.1, 0.15) is 5.01 Å². The summed E-state index contributed by atoms with van der Waals surface area (Å²) in [5, 5.41) is 13.5. The second-order valence-corrected chi connectivity index (χ2v) is 8.45. The van der Waals surface area contributed by atoms with Crippen molar-refractivity contribution in [1.82, 2.24) is 29.7 Å². The molecule has 0 amide bonds. The van der Waals surface area contributed by atoms with Gasteiger partial charge >= 0.3 is 6.18 Å². The van der Waals surface area contributed by atoms with Crippen molar-refractivity contribution < 1.29 is 13.2 Å². The highest BCUT2D eigenvalue weighted by atomic mass is 32.1. The van der Waals surface area contributed by atoms with Crippen molar-refractivity contribution in [2.45, 2.75) is 31.4 Å². The third-order valence-corrected chi connectivity index (χ3v) is 6.23. The van der Waals surface area contributed by atoms with Crippen LogP contribution in [0.5, 0.6) is 0 Å². The molecule has 152 valence electrons. The first-order chi connectivity index (χ1) is 13.9. The van der Waals surface area contributed by atoms with Crippen LogP contribution >= 0.6 is 11.3 Å². The lowest BCUT2D eigenvalue weighted by atomic mass is 9.95. The van der Waals surface area contributed by atoms with Gasteiger partial charge in [-0.25, -0.2) is 9.50 Å². The Morgan fingerprint density at radius 3 is 2.69 bits per heavy atom. The van der Waals surface area contributed by atoms with Gasteiger partial charge in [-0.15, -0.1) is 0 Å². The van der Waals surface area contributed by atoms with Gasteiger partial charge in [-0.2, -0.15) is 23.4 Å². The summed E-state index contributed by atoms with van der Waals surface area (Å²) in [5.41, 5.74) is 2.23. The molecule has 6 nitrogen and oxygen atoms in total. The Kier molecular flexibility index (Phi) is 4.36. The highest BCUT2D eigenvalue weighted by Crippen LogP contribution is 2.34. The SMILES string of the molecule is Cn1cc2cc(-c3nn4cc(C5CCNCC5)nc4s3)cc(CC(F)(F)F)c2n1. The van der Waals surface area contributed by atoms with Gasteiger partial charge in [0.25, 0.3) is 0 Å². The van der Waals surface area contributed by atoms with E-state index < -0.39 is 12.6 Å². The molecule has 4 heterocycles. The Balaban J connectivity index is 1.54. The van der Waals surface area contributed by atoms with E-state index >= 15 is 0 Å². The molecule has 0 bridgehead atoms. The number of hydrogen-bond donors (Lipinski definition) is 1. The Morgan fingerprint density at radius 2 is 1.97 bits per heavy atom. The van der Waals surface area contributed by atoms with Crippen LogP contribution in [0.2, 0.25) is 0 Å². The van der Waals surface area contributed by atoms with E-state index in [-0.39, 0.29) is 5.56 Å². The van der Waals surface area contributed by atoms with Crippen LogP contribution in [0.25, 0.3) is 26.4 Å². The van der Waals surface area contributed by atoms with Crippen molar-refractivity contribution >= 4 is 27.2 Å². The molecule has 1 fully saturated rings. The van der Waals surface area contributed by atoms with Gasteiger partial charge < -0.3 is 5.32 Å². The standard InChI is InChI=1S/C19H19F3N6S/c1-27-9-14-7-12(6-13(16(14)25-27)8-19(20,21)22)17-26-28-10-15(24-18(28)29-17)11-2-4-23-5-3-11/h6-7,9-11,23H,2-5,8H2,1H3. The van der Waals surface area contributed by atoms with E-state index in [1.165, 1.54) is 16.0 Å². The minimum atomic E-state index is -4.30. The Labute approximate surface area is 168 Å². The molecule has 1 N–H and O–H groups in total. The largest absolute Gasteiger partial charge is 0.393 e. The van der Waals surface area contributed by atoms with Gasteiger partial charge in [-0.05, 0) is 43.6 Å². The highest BCUT2D eigenvalue weighted by molar-refractivity contribution is 7.19. The average molecular weight is 420 g/mol. The van der Waals surface area contributed by atoms with Crippen LogP contribution in [0.15, 0.2) is 24.5 Å². The highest BCUT2D eigenvalue weighted by Gasteiger charge is 2.30. The molecule has 5 rings (SSSR count). The summed E-state index contributed by atoms with van der Waals surface area (Å²) in [4.78, 5) is 5.49. The smallest absolute Gasteiger partial charge is 0.317 e. The maximum Gasteiger partial charge on any atom is 0.393 e. The number of nitrogens with one attached hydrogen (secondary N) is 1. The molecule has 1 aromatic carbocycles. The van der Waals surface area contributed by atoms with Crippen molar-refractivity contribution in [3.8, 4) is 10.6 Å². The van der Waals surface area contributed by atoms with Crippen LogP contribution in [0, 0.1) is 0 Å². The van der Waals surface area contributed by atoms with Crippen LogP contribution < -0.4 is 5.32 Å². The fraction of sp³-hybridized carbons (Fsp3) is 0.421. The van der Waals surface area contributed by atoms with Gasteiger partial charge in [-0.3, -0.25) is 4.68 Å². The Bertz CT molecular complexity index is 1150. The first-order valence-corrected chi connectivity index (χ1v) is 10.3. The van der Waals surface area contributed by atoms with E-state index in [4.69, 9.17) is 4.98 Å². The summed E-state index contributed by atoms with van der Waals surface area (Å²) in [7, 11) is 1.71. The fourth-order valence-electron chi connectivity index (χ4n) is 3.95. The zero-order valence-electron chi connectivity index (χ0n) is 15.7. The van der Waals surface area contributed by atoms with E-state index in [1.54, 1.807) is 23.8 Å². The number of benzene rings is 1. The molecule has 1 aliphatic heterocycles. The third kappa shape index (κ3) is 3.62. The second-order valence-electron chi connectivity index (χ2n) is 7.49. The van der Waals surface area contributed by atoms with E-state index in [1.807, 2.05) is 12.3 Å². The van der Waals surface area contributed by atoms with Gasteiger partial charge in [0.05, 0.1) is 23.8 Å². The topological polar surface area (TPSA) is 60.0 Å². The molecule has 0 saturated carbocycles. The fourth-order valence-corrected chi connectivity index (χ4v) is 4.83. The summed E-state index contributed by atoms with van der Waals surface area (Å²) in [6.45, 7) is 1.98. The van der Waals surface area contributed by atoms with Gasteiger partial charge in [0.15, 0.2) is 0 Å². The molecule has 10 heteroatoms. The summed E-state index contributed by atoms with van der Waals surface area (Å²) in [6.07, 6.45) is 0.463. The zero-order chi connectivity index (χ0) is 20.2. The molecule has 3 aromatic heterocycles. The van der Waals surface area contributed by atoms with E-state index in [0.717, 1.165) is 36.6 Å². The van der Waals surface area contributed by atoms with E-state index in [0.29, 0.717) is 27.4 Å². The number of rotatable bonds is 3. The minimum Gasteiger partial charge on any atom is -0.317 e. The molecule has 29 heavy (non-hydrogen) atoms. The average Bonchev–Trinajstić information content (AvgIpc) is 3.33. The quantitative estimate of drug-likeness (QED) is 0.546. The maximum absolute atomic E-state index is 13.1. The van der Waals surface area contributed by atoms with E-state index in [2.05, 4.69) is 15.5 Å². The lowest BCUT2D eigenvalue weighted by Gasteiger charge is -2.20. The van der Waals surface area contributed by atoms with Crippen LogP contribution in [-0.4, -0.2) is 43.6 Å². The van der Waals surface area contributed by atoms with Crippen LogP contribution in [0.4, 0.5) is 13.2 Å². The first kappa shape index (κ1) is 18.6. The number of nitrogens with zero attached hydrogens (tertiary/aromatic N) is 5. The second kappa shape index (κ2) is 6.81. The van der Waals surface area contributed by atoms with Gasteiger partial charge in [-0.1, -0.05) is 11.3 Å². The van der Waals surface area contributed by atoms with Crippen molar-refractivity contribution in [3.05, 3.63) is 35.8 Å². The summed E-state index contributed by atoms with van der Waals surface area (Å²) in [6, 6.07) is 3.39. The van der Waals surface area contributed by atoms with Crippen LogP contribution in [0.3, 0.4) is 0 Å². The molecular formula is C19H19F3N6S. The lowest BCUT2D eigenvalue weighted by molar-refractivity contribution is -0.127. The van der Waals surface area contributed by atoms with Crippen LogP contribution in [-0.2, 0) is 13.5 Å². The number of fused-ring (bicyclic) bond motifs is 2. The van der Waals surface area contributed by atoms with Crippen molar-refractivity contribution in [1.29, 1.82) is 0 Å². The molecule has 0 radical (unpaired) electrons. The normalized spacial score (nSPS) is 16.3. The predicted octanol–water partition coefficient (Wildman–Crippen LogP) is 3.92. The monoisotopic (exact) mass is 420 g/mol. The number of piperidine rings is 1. The number of aryl methyl sites for hydroxylation is 1. The number of aromatic nitrogens is 5. The summed E-state index contributed by atoms with van der Waals surface area (Å²) >= 11 is 1.39. The molecule has 0 atom stereocenters. The van der Waals surface area contributed by atoms with Gasteiger partial charge in [0.2, 0.25) is 4.96 Å². The predicted molar refractivity (Wildman–Crippen MR) is 105 cm³/mol. The molecule has 0 spiro atoms. The molecule has 4 aromatic rings. The third-order valence-electron chi connectivity index (χ3n) is 5.26. The Morgan fingerprint density at radius 1 is 1.17 bits per heavy atom. The van der Waals surface area contributed by atoms with Crippen LogP contribution in [0.1, 0.15) is 30.0 Å². The number of alkyl halides is 3. The van der Waals surface area contributed by atoms with Gasteiger partial charge in [0, 0.05) is 30.1 Å². The molecule has 0 unspecified atom stereocenters. The molecule has 1 aliphatic rings. The van der Waals surface area contributed by atoms with Crippen molar-refractivity contribution in [3.63, 3.8) is 0 Å².